The van der Waals surface area contributed by atoms with Gasteiger partial charge in [0, 0.05) is 27.7 Å². The fourth-order valence-corrected chi connectivity index (χ4v) is 3.48. The van der Waals surface area contributed by atoms with Crippen molar-refractivity contribution in [1.82, 2.24) is 4.98 Å². The highest BCUT2D eigenvalue weighted by Gasteiger charge is 2.40. The number of pyridine rings is 1. The van der Waals surface area contributed by atoms with Gasteiger partial charge in [-0.05, 0) is 30.3 Å². The summed E-state index contributed by atoms with van der Waals surface area (Å²) in [6.07, 6.45) is 3.05. The maximum absolute atomic E-state index is 13.2. The predicted molar refractivity (Wildman–Crippen MR) is 105 cm³/mol. The smallest absolute Gasteiger partial charge is 0.335 e. The molecule has 1 saturated heterocycles. The first-order valence-corrected chi connectivity index (χ1v) is 8.74. The Bertz CT molecular complexity index is 1160. The summed E-state index contributed by atoms with van der Waals surface area (Å²) in [6.45, 7) is 0.157. The van der Waals surface area contributed by atoms with E-state index in [0.717, 1.165) is 0 Å². The standard InChI is InChI=1S/C20H13ClN4O3/c21-14-2-1-3-15(7-14)24-11-16(8-22)25(20(24)28)18-10-23-9-13-5-4-12(19(26)27)6-17(13)18/h1-7,9-10,16H,11H2,(H,26,27)/t16-/m1/s1. The number of aromatic nitrogens is 1. The van der Waals surface area contributed by atoms with Crippen LogP contribution in [-0.2, 0) is 0 Å². The lowest BCUT2D eigenvalue weighted by Gasteiger charge is -2.21. The number of anilines is 2. The van der Waals surface area contributed by atoms with E-state index in [0.29, 0.717) is 27.2 Å². The normalized spacial score (nSPS) is 16.4. The number of carboxylic acids is 1. The van der Waals surface area contributed by atoms with Crippen LogP contribution in [0.2, 0.25) is 5.02 Å². The monoisotopic (exact) mass is 392 g/mol. The topological polar surface area (TPSA) is 97.5 Å². The molecule has 0 aliphatic carbocycles. The fourth-order valence-electron chi connectivity index (χ4n) is 3.30. The number of halogens is 1. The number of fused-ring (bicyclic) bond motifs is 1. The maximum atomic E-state index is 13.2. The van der Waals surface area contributed by atoms with Crippen LogP contribution in [0.3, 0.4) is 0 Å². The van der Waals surface area contributed by atoms with Crippen molar-refractivity contribution in [1.29, 1.82) is 5.26 Å². The summed E-state index contributed by atoms with van der Waals surface area (Å²) in [5.74, 6) is -1.07. The minimum Gasteiger partial charge on any atom is -0.478 e. The summed E-state index contributed by atoms with van der Waals surface area (Å²) < 4.78 is 0. The first-order valence-electron chi connectivity index (χ1n) is 8.36. The minimum atomic E-state index is -1.07. The molecule has 138 valence electrons. The lowest BCUT2D eigenvalue weighted by atomic mass is 10.1. The van der Waals surface area contributed by atoms with Gasteiger partial charge in [0.15, 0.2) is 0 Å². The number of hydrogen-bond donors (Lipinski definition) is 1. The van der Waals surface area contributed by atoms with Crippen LogP contribution in [-0.4, -0.2) is 34.7 Å². The third-order valence-electron chi connectivity index (χ3n) is 4.62. The predicted octanol–water partition coefficient (Wildman–Crippen LogP) is 3.93. The number of benzene rings is 2. The number of amides is 2. The van der Waals surface area contributed by atoms with Crippen molar-refractivity contribution in [3.8, 4) is 6.07 Å². The van der Waals surface area contributed by atoms with E-state index in [1.54, 1.807) is 36.5 Å². The van der Waals surface area contributed by atoms with Gasteiger partial charge in [0.05, 0.1) is 30.1 Å². The van der Waals surface area contributed by atoms with E-state index in [4.69, 9.17) is 11.6 Å². The number of carboxylic acid groups (broad SMARTS) is 1. The first kappa shape index (κ1) is 17.8. The van der Waals surface area contributed by atoms with Gasteiger partial charge in [-0.3, -0.25) is 14.8 Å². The van der Waals surface area contributed by atoms with Crippen LogP contribution in [0.25, 0.3) is 10.8 Å². The Labute approximate surface area is 165 Å². The molecular formula is C20H13ClN4O3. The van der Waals surface area contributed by atoms with Crippen molar-refractivity contribution in [2.45, 2.75) is 6.04 Å². The third-order valence-corrected chi connectivity index (χ3v) is 4.85. The van der Waals surface area contributed by atoms with Gasteiger partial charge in [-0.1, -0.05) is 23.7 Å². The van der Waals surface area contributed by atoms with Crippen LogP contribution in [0.4, 0.5) is 16.2 Å². The quantitative estimate of drug-likeness (QED) is 0.728. The number of nitrogens with zero attached hydrogens (tertiary/aromatic N) is 4. The molecular weight excluding hydrogens is 380 g/mol. The molecule has 2 aromatic carbocycles. The van der Waals surface area contributed by atoms with Gasteiger partial charge in [0.1, 0.15) is 6.04 Å². The minimum absolute atomic E-state index is 0.0896. The average molecular weight is 393 g/mol. The van der Waals surface area contributed by atoms with Crippen molar-refractivity contribution in [3.05, 3.63) is 65.4 Å². The summed E-state index contributed by atoms with van der Waals surface area (Å²) in [7, 11) is 0. The zero-order chi connectivity index (χ0) is 19.8. The van der Waals surface area contributed by atoms with Gasteiger partial charge >= 0.3 is 12.0 Å². The van der Waals surface area contributed by atoms with Gasteiger partial charge in [0.2, 0.25) is 0 Å². The van der Waals surface area contributed by atoms with Crippen LogP contribution in [0.15, 0.2) is 54.9 Å². The molecule has 0 unspecified atom stereocenters. The molecule has 0 saturated carbocycles. The summed E-state index contributed by atoms with van der Waals surface area (Å²) in [5, 5.41) is 20.6. The summed E-state index contributed by atoms with van der Waals surface area (Å²) in [5.41, 5.74) is 1.06. The second-order valence-corrected chi connectivity index (χ2v) is 6.72. The van der Waals surface area contributed by atoms with E-state index in [9.17, 15) is 20.0 Å². The molecule has 4 rings (SSSR count). The molecule has 1 aromatic heterocycles. The number of aromatic carboxylic acids is 1. The van der Waals surface area contributed by atoms with Crippen molar-refractivity contribution >= 4 is 45.7 Å². The molecule has 1 N–H and O–H groups in total. The molecule has 28 heavy (non-hydrogen) atoms. The summed E-state index contributed by atoms with van der Waals surface area (Å²) in [4.78, 5) is 31.5. The van der Waals surface area contributed by atoms with Crippen molar-refractivity contribution in [2.24, 2.45) is 0 Å². The average Bonchev–Trinajstić information content (AvgIpc) is 3.03. The van der Waals surface area contributed by atoms with Crippen LogP contribution in [0, 0.1) is 11.3 Å². The van der Waals surface area contributed by atoms with Gasteiger partial charge in [-0.25, -0.2) is 9.59 Å². The second-order valence-electron chi connectivity index (χ2n) is 6.29. The number of carbonyl (C=O) groups is 2. The first-order chi connectivity index (χ1) is 13.5. The molecule has 2 heterocycles. The van der Waals surface area contributed by atoms with E-state index in [1.807, 2.05) is 0 Å². The molecule has 8 heteroatoms. The molecule has 1 fully saturated rings. The number of carbonyl (C=O) groups excluding carboxylic acids is 1. The lowest BCUT2D eigenvalue weighted by molar-refractivity contribution is 0.0697. The van der Waals surface area contributed by atoms with Gasteiger partial charge in [-0.15, -0.1) is 0 Å². The van der Waals surface area contributed by atoms with Crippen molar-refractivity contribution in [2.75, 3.05) is 16.3 Å². The Balaban J connectivity index is 1.84. The van der Waals surface area contributed by atoms with Gasteiger partial charge < -0.3 is 5.11 Å². The summed E-state index contributed by atoms with van der Waals surface area (Å²) >= 11 is 6.04. The molecule has 0 radical (unpaired) electrons. The second kappa shape index (κ2) is 6.83. The van der Waals surface area contributed by atoms with Gasteiger partial charge in [0.25, 0.3) is 0 Å². The zero-order valence-corrected chi connectivity index (χ0v) is 15.2. The Kier molecular flexibility index (Phi) is 4.34. The molecule has 1 aliphatic heterocycles. The van der Waals surface area contributed by atoms with Crippen molar-refractivity contribution in [3.63, 3.8) is 0 Å². The SMILES string of the molecule is N#C[C@@H]1CN(c2cccc(Cl)c2)C(=O)N1c1cncc2ccc(C(=O)O)cc12. The Morgan fingerprint density at radius 2 is 2.07 bits per heavy atom. The number of nitriles is 1. The van der Waals surface area contributed by atoms with E-state index < -0.39 is 18.0 Å². The van der Waals surface area contributed by atoms with E-state index >= 15 is 0 Å². The number of rotatable bonds is 3. The fraction of sp³-hybridized carbons (Fsp3) is 0.100. The van der Waals surface area contributed by atoms with Crippen LogP contribution >= 0.6 is 11.6 Å². The van der Waals surface area contributed by atoms with E-state index in [1.165, 1.54) is 28.1 Å². The number of hydrogen-bond acceptors (Lipinski definition) is 4. The Morgan fingerprint density at radius 3 is 2.79 bits per heavy atom. The maximum Gasteiger partial charge on any atom is 0.335 e. The Hall–Kier alpha value is -3.63. The molecule has 0 spiro atoms. The summed E-state index contributed by atoms with van der Waals surface area (Å²) in [6, 6.07) is 12.4. The molecule has 2 amide bonds. The highest BCUT2D eigenvalue weighted by molar-refractivity contribution is 6.31. The van der Waals surface area contributed by atoms with Crippen LogP contribution < -0.4 is 9.80 Å². The van der Waals surface area contributed by atoms with E-state index in [-0.39, 0.29) is 12.1 Å². The Morgan fingerprint density at radius 1 is 1.25 bits per heavy atom. The molecule has 0 bridgehead atoms. The molecule has 3 aromatic rings. The highest BCUT2D eigenvalue weighted by atomic mass is 35.5. The van der Waals surface area contributed by atoms with Crippen LogP contribution in [0.1, 0.15) is 10.4 Å². The van der Waals surface area contributed by atoms with Crippen LogP contribution in [0.5, 0.6) is 0 Å². The van der Waals surface area contributed by atoms with Crippen molar-refractivity contribution < 1.29 is 14.7 Å². The van der Waals surface area contributed by atoms with E-state index in [2.05, 4.69) is 11.1 Å². The number of urea groups is 1. The van der Waals surface area contributed by atoms with Gasteiger partial charge in [-0.2, -0.15) is 5.26 Å². The zero-order valence-electron chi connectivity index (χ0n) is 14.4. The molecule has 7 nitrogen and oxygen atoms in total. The highest BCUT2D eigenvalue weighted by Crippen LogP contribution is 2.34. The lowest BCUT2D eigenvalue weighted by Crippen LogP contribution is -2.34. The third kappa shape index (κ3) is 2.90. The molecule has 1 atom stereocenters. The largest absolute Gasteiger partial charge is 0.478 e. The molecule has 1 aliphatic rings.